The molecule has 4 nitrogen and oxygen atoms in total. The molecule has 0 bridgehead atoms. The van der Waals surface area contributed by atoms with E-state index < -0.39 is 0 Å². The Bertz CT molecular complexity index is 989. The first-order valence-electron chi connectivity index (χ1n) is 9.71. The Balaban J connectivity index is 1.32. The van der Waals surface area contributed by atoms with Gasteiger partial charge in [-0.1, -0.05) is 54.6 Å². The predicted molar refractivity (Wildman–Crippen MR) is 113 cm³/mol. The van der Waals surface area contributed by atoms with E-state index in [2.05, 4.69) is 34.2 Å². The van der Waals surface area contributed by atoms with Gasteiger partial charge >= 0.3 is 0 Å². The number of carbonyl (C=O) groups excluding carboxylic acids is 1. The SMILES string of the molecule is CC(=C1SC(N2CCC3(CC2)OCc2ccccc23)=NC1=O)c1ccccc1. The van der Waals surface area contributed by atoms with Crippen molar-refractivity contribution in [1.29, 1.82) is 0 Å². The van der Waals surface area contributed by atoms with Crippen molar-refractivity contribution in [3.05, 3.63) is 76.2 Å². The molecule has 0 unspecified atom stereocenters. The van der Waals surface area contributed by atoms with Gasteiger partial charge in [0.05, 0.1) is 17.1 Å². The van der Waals surface area contributed by atoms with E-state index in [-0.39, 0.29) is 11.5 Å². The highest BCUT2D eigenvalue weighted by molar-refractivity contribution is 8.18. The largest absolute Gasteiger partial charge is 0.365 e. The smallest absolute Gasteiger partial charge is 0.286 e. The van der Waals surface area contributed by atoms with Gasteiger partial charge in [-0.15, -0.1) is 0 Å². The van der Waals surface area contributed by atoms with Crippen molar-refractivity contribution in [2.75, 3.05) is 13.1 Å². The molecule has 3 aliphatic rings. The molecular formula is C23H22N2O2S. The Labute approximate surface area is 169 Å². The van der Waals surface area contributed by atoms with Crippen molar-refractivity contribution >= 4 is 28.4 Å². The molecule has 28 heavy (non-hydrogen) atoms. The summed E-state index contributed by atoms with van der Waals surface area (Å²) >= 11 is 1.51. The van der Waals surface area contributed by atoms with Gasteiger partial charge in [0.25, 0.3) is 5.91 Å². The summed E-state index contributed by atoms with van der Waals surface area (Å²) in [4.78, 5) is 19.9. The fourth-order valence-electron chi connectivity index (χ4n) is 4.34. The lowest BCUT2D eigenvalue weighted by molar-refractivity contribution is -0.113. The second-order valence-corrected chi connectivity index (χ2v) is 8.53. The number of rotatable bonds is 1. The fraction of sp³-hybridized carbons (Fsp3) is 0.304. The lowest BCUT2D eigenvalue weighted by Gasteiger charge is -2.39. The molecule has 0 atom stereocenters. The summed E-state index contributed by atoms with van der Waals surface area (Å²) in [7, 11) is 0. The summed E-state index contributed by atoms with van der Waals surface area (Å²) in [5, 5.41) is 0.830. The Hall–Kier alpha value is -2.37. The monoisotopic (exact) mass is 390 g/mol. The van der Waals surface area contributed by atoms with E-state index in [9.17, 15) is 4.79 Å². The predicted octanol–water partition coefficient (Wildman–Crippen LogP) is 4.57. The average molecular weight is 391 g/mol. The van der Waals surface area contributed by atoms with Gasteiger partial charge in [0.1, 0.15) is 0 Å². The summed E-state index contributed by atoms with van der Waals surface area (Å²) in [5.41, 5.74) is 4.55. The third-order valence-corrected chi connectivity index (χ3v) is 7.20. The Morgan fingerprint density at radius 3 is 2.57 bits per heavy atom. The van der Waals surface area contributed by atoms with Gasteiger partial charge < -0.3 is 9.64 Å². The molecule has 0 saturated carbocycles. The van der Waals surface area contributed by atoms with Crippen LogP contribution in [0.5, 0.6) is 0 Å². The number of likely N-dealkylation sites (tertiary alicyclic amines) is 1. The fourth-order valence-corrected chi connectivity index (χ4v) is 5.37. The lowest BCUT2D eigenvalue weighted by Crippen LogP contribution is -2.44. The van der Waals surface area contributed by atoms with Gasteiger partial charge in [-0.3, -0.25) is 4.79 Å². The number of thioether (sulfide) groups is 1. The van der Waals surface area contributed by atoms with E-state index in [4.69, 9.17) is 4.74 Å². The number of hydrogen-bond donors (Lipinski definition) is 0. The zero-order valence-electron chi connectivity index (χ0n) is 15.9. The number of benzene rings is 2. The van der Waals surface area contributed by atoms with Gasteiger partial charge in [-0.25, -0.2) is 0 Å². The van der Waals surface area contributed by atoms with Crippen LogP contribution in [0.1, 0.15) is 36.5 Å². The Kier molecular flexibility index (Phi) is 4.37. The maximum Gasteiger partial charge on any atom is 0.286 e. The maximum atomic E-state index is 12.5. The normalized spacial score (nSPS) is 22.4. The number of fused-ring (bicyclic) bond motifs is 2. The highest BCUT2D eigenvalue weighted by Crippen LogP contribution is 2.45. The van der Waals surface area contributed by atoms with Crippen LogP contribution in [-0.2, 0) is 21.7 Å². The number of piperidine rings is 1. The summed E-state index contributed by atoms with van der Waals surface area (Å²) in [6.07, 6.45) is 1.85. The van der Waals surface area contributed by atoms with Crippen LogP contribution in [0.3, 0.4) is 0 Å². The summed E-state index contributed by atoms with van der Waals surface area (Å²) in [5.74, 6) is -0.121. The topological polar surface area (TPSA) is 41.9 Å². The second-order valence-electron chi connectivity index (χ2n) is 7.55. The number of hydrogen-bond acceptors (Lipinski definition) is 4. The summed E-state index contributed by atoms with van der Waals surface area (Å²) < 4.78 is 6.25. The number of carbonyl (C=O) groups is 1. The second kappa shape index (κ2) is 6.90. The van der Waals surface area contributed by atoms with Crippen molar-refractivity contribution in [1.82, 2.24) is 4.90 Å². The number of amides is 1. The van der Waals surface area contributed by atoms with Crippen LogP contribution in [0.15, 0.2) is 64.5 Å². The first-order chi connectivity index (χ1) is 13.7. The minimum Gasteiger partial charge on any atom is -0.365 e. The molecule has 0 aliphatic carbocycles. The molecule has 0 N–H and O–H groups in total. The standard InChI is InChI=1S/C23H22N2O2S/c1-16(17-7-3-2-4-8-17)20-21(26)24-22(28-20)25-13-11-23(12-14-25)19-10-6-5-9-18(19)15-27-23/h2-10H,11-15H2,1H3. The van der Waals surface area contributed by atoms with E-state index in [1.807, 2.05) is 37.3 Å². The highest BCUT2D eigenvalue weighted by atomic mass is 32.2. The van der Waals surface area contributed by atoms with Crippen LogP contribution in [0.25, 0.3) is 5.57 Å². The van der Waals surface area contributed by atoms with Crippen molar-refractivity contribution in [2.45, 2.75) is 32.0 Å². The Morgan fingerprint density at radius 2 is 1.79 bits per heavy atom. The molecule has 3 aliphatic heterocycles. The van der Waals surface area contributed by atoms with Gasteiger partial charge in [0.15, 0.2) is 5.17 Å². The molecule has 1 amide bonds. The van der Waals surface area contributed by atoms with E-state index in [0.717, 1.165) is 47.1 Å². The molecule has 2 aromatic rings. The van der Waals surface area contributed by atoms with E-state index in [1.54, 1.807) is 0 Å². The number of nitrogens with zero attached hydrogens (tertiary/aromatic N) is 2. The van der Waals surface area contributed by atoms with Crippen molar-refractivity contribution in [3.8, 4) is 0 Å². The molecule has 3 heterocycles. The van der Waals surface area contributed by atoms with Crippen LogP contribution in [0.2, 0.25) is 0 Å². The van der Waals surface area contributed by atoms with Gasteiger partial charge in [-0.05, 0) is 53.8 Å². The number of aliphatic imine (C=N–C) groups is 1. The minimum atomic E-state index is -0.167. The van der Waals surface area contributed by atoms with Gasteiger partial charge in [-0.2, -0.15) is 4.99 Å². The quantitative estimate of drug-likeness (QED) is 0.669. The number of amidine groups is 1. The third-order valence-electron chi connectivity index (χ3n) is 5.99. The number of allylic oxidation sites excluding steroid dienone is 1. The highest BCUT2D eigenvalue weighted by Gasteiger charge is 2.43. The van der Waals surface area contributed by atoms with Crippen molar-refractivity contribution in [3.63, 3.8) is 0 Å². The van der Waals surface area contributed by atoms with Crippen LogP contribution in [0, 0.1) is 0 Å². The van der Waals surface area contributed by atoms with E-state index >= 15 is 0 Å². The first-order valence-corrected chi connectivity index (χ1v) is 10.5. The van der Waals surface area contributed by atoms with Gasteiger partial charge in [0, 0.05) is 13.1 Å². The molecule has 1 saturated heterocycles. The molecule has 1 spiro atoms. The van der Waals surface area contributed by atoms with Crippen LogP contribution < -0.4 is 0 Å². The van der Waals surface area contributed by atoms with Crippen LogP contribution in [0.4, 0.5) is 0 Å². The molecule has 0 radical (unpaired) electrons. The maximum absolute atomic E-state index is 12.5. The van der Waals surface area contributed by atoms with Crippen molar-refractivity contribution in [2.24, 2.45) is 4.99 Å². The third kappa shape index (κ3) is 2.90. The van der Waals surface area contributed by atoms with E-state index in [0.29, 0.717) is 6.61 Å². The summed E-state index contributed by atoms with van der Waals surface area (Å²) in [6.45, 7) is 4.41. The summed E-state index contributed by atoms with van der Waals surface area (Å²) in [6, 6.07) is 18.6. The number of ether oxygens (including phenoxy) is 1. The molecule has 1 fully saturated rings. The zero-order valence-corrected chi connectivity index (χ0v) is 16.7. The Morgan fingerprint density at radius 1 is 1.07 bits per heavy atom. The molecule has 0 aromatic heterocycles. The van der Waals surface area contributed by atoms with Crippen molar-refractivity contribution < 1.29 is 9.53 Å². The molecular weight excluding hydrogens is 368 g/mol. The molecule has 142 valence electrons. The van der Waals surface area contributed by atoms with Crippen LogP contribution in [-0.4, -0.2) is 29.1 Å². The molecule has 5 heteroatoms. The zero-order chi connectivity index (χ0) is 19.1. The van der Waals surface area contributed by atoms with Gasteiger partial charge in [0.2, 0.25) is 0 Å². The lowest BCUT2D eigenvalue weighted by atomic mass is 9.84. The average Bonchev–Trinajstić information content (AvgIpc) is 3.30. The first kappa shape index (κ1) is 17.7. The van der Waals surface area contributed by atoms with Crippen LogP contribution >= 0.6 is 11.8 Å². The molecule has 5 rings (SSSR count). The van der Waals surface area contributed by atoms with E-state index in [1.165, 1.54) is 22.9 Å². The molecule has 2 aromatic carbocycles. The minimum absolute atomic E-state index is 0.121.